The standard InChI is InChI=1S/C22H31N7O4/c23-15(11-13-12-27-16-6-2-1-5-14(13)16)19(30)28-17(7-3-9-26-22(24)25)20(31)29-10-4-8-18(29)21(32)33/h1-2,5-6,12,15,17-18,27H,3-4,7-11,23H2,(H,28,30)(H,32,33)(H4,24,25,26). The van der Waals surface area contributed by atoms with Crippen LogP contribution in [0.5, 0.6) is 0 Å². The Bertz CT molecular complexity index is 1030. The number of nitrogens with one attached hydrogen (secondary N) is 2. The van der Waals surface area contributed by atoms with Gasteiger partial charge in [0.05, 0.1) is 6.04 Å². The molecule has 0 aliphatic carbocycles. The maximum absolute atomic E-state index is 13.2. The zero-order valence-electron chi connectivity index (χ0n) is 18.4. The molecule has 33 heavy (non-hydrogen) atoms. The highest BCUT2D eigenvalue weighted by Gasteiger charge is 2.37. The number of guanidine groups is 1. The number of aromatic nitrogens is 1. The fourth-order valence-corrected chi connectivity index (χ4v) is 4.16. The number of hydrogen-bond acceptors (Lipinski definition) is 5. The van der Waals surface area contributed by atoms with Crippen LogP contribution in [-0.4, -0.2) is 69.9 Å². The molecular formula is C22H31N7O4. The number of nitrogens with zero attached hydrogens (tertiary/aromatic N) is 2. The van der Waals surface area contributed by atoms with E-state index < -0.39 is 35.9 Å². The Morgan fingerprint density at radius 1 is 1.27 bits per heavy atom. The number of hydrogen-bond donors (Lipinski definition) is 6. The van der Waals surface area contributed by atoms with Gasteiger partial charge in [-0.3, -0.25) is 14.6 Å². The van der Waals surface area contributed by atoms with Crippen molar-refractivity contribution in [3.63, 3.8) is 0 Å². The van der Waals surface area contributed by atoms with Crippen LogP contribution < -0.4 is 22.5 Å². The molecule has 1 saturated heterocycles. The number of nitrogens with two attached hydrogens (primary N) is 3. The summed E-state index contributed by atoms with van der Waals surface area (Å²) in [6.07, 6.45) is 3.76. The number of carbonyl (C=O) groups is 3. The van der Waals surface area contributed by atoms with Crippen LogP contribution in [0.4, 0.5) is 0 Å². The van der Waals surface area contributed by atoms with Gasteiger partial charge in [0.2, 0.25) is 11.8 Å². The highest BCUT2D eigenvalue weighted by atomic mass is 16.4. The van der Waals surface area contributed by atoms with Crippen LogP contribution in [0.25, 0.3) is 10.9 Å². The lowest BCUT2D eigenvalue weighted by Crippen LogP contribution is -2.54. The maximum Gasteiger partial charge on any atom is 0.326 e. The number of likely N-dealkylation sites (tertiary alicyclic amines) is 1. The number of aromatic amines is 1. The van der Waals surface area contributed by atoms with Crippen molar-refractivity contribution in [2.45, 2.75) is 50.2 Å². The third-order valence-corrected chi connectivity index (χ3v) is 5.83. The number of carboxylic acids is 1. The minimum absolute atomic E-state index is 0.0619. The number of carboxylic acid groups (broad SMARTS) is 1. The second kappa shape index (κ2) is 10.8. The average Bonchev–Trinajstić information content (AvgIpc) is 3.43. The molecule has 2 aromatic rings. The highest BCUT2D eigenvalue weighted by Crippen LogP contribution is 2.21. The SMILES string of the molecule is NC(N)=NCCCC(NC(=O)C(N)Cc1c[nH]c2ccccc12)C(=O)N1CCCC1C(=O)O. The Hall–Kier alpha value is -3.60. The molecule has 1 aliphatic heterocycles. The Labute approximate surface area is 191 Å². The summed E-state index contributed by atoms with van der Waals surface area (Å²) >= 11 is 0. The smallest absolute Gasteiger partial charge is 0.326 e. The van der Waals surface area contributed by atoms with Gasteiger partial charge in [-0.05, 0) is 43.7 Å². The molecule has 2 amide bonds. The summed E-state index contributed by atoms with van der Waals surface area (Å²) in [5.41, 5.74) is 18.7. The number of rotatable bonds is 10. The summed E-state index contributed by atoms with van der Waals surface area (Å²) in [6, 6.07) is 5.01. The number of amides is 2. The monoisotopic (exact) mass is 457 g/mol. The minimum atomic E-state index is -1.05. The van der Waals surface area contributed by atoms with E-state index in [1.165, 1.54) is 4.90 Å². The van der Waals surface area contributed by atoms with Gasteiger partial charge in [0.15, 0.2) is 5.96 Å². The predicted octanol–water partition coefficient (Wildman–Crippen LogP) is -0.348. The van der Waals surface area contributed by atoms with Crippen LogP contribution >= 0.6 is 0 Å². The Kier molecular flexibility index (Phi) is 7.88. The van der Waals surface area contributed by atoms with Crippen molar-refractivity contribution in [3.05, 3.63) is 36.0 Å². The lowest BCUT2D eigenvalue weighted by atomic mass is 10.0. The molecule has 0 saturated carbocycles. The van der Waals surface area contributed by atoms with Gasteiger partial charge in [0.1, 0.15) is 12.1 Å². The summed E-state index contributed by atoms with van der Waals surface area (Å²) in [5, 5.41) is 13.2. The third kappa shape index (κ3) is 6.01. The van der Waals surface area contributed by atoms with E-state index >= 15 is 0 Å². The van der Waals surface area contributed by atoms with Gasteiger partial charge in [0, 0.05) is 30.2 Å². The quantitative estimate of drug-likeness (QED) is 0.159. The predicted molar refractivity (Wildman–Crippen MR) is 124 cm³/mol. The number of H-pyrrole nitrogens is 1. The molecular weight excluding hydrogens is 426 g/mol. The van der Waals surface area contributed by atoms with E-state index in [4.69, 9.17) is 17.2 Å². The molecule has 1 fully saturated rings. The molecule has 0 bridgehead atoms. The van der Waals surface area contributed by atoms with Crippen molar-refractivity contribution in [1.29, 1.82) is 0 Å². The molecule has 1 aromatic carbocycles. The van der Waals surface area contributed by atoms with Crippen molar-refractivity contribution in [2.24, 2.45) is 22.2 Å². The van der Waals surface area contributed by atoms with E-state index in [9.17, 15) is 19.5 Å². The minimum Gasteiger partial charge on any atom is -0.480 e. The summed E-state index contributed by atoms with van der Waals surface area (Å²) < 4.78 is 0. The Morgan fingerprint density at radius 3 is 2.76 bits per heavy atom. The van der Waals surface area contributed by atoms with Gasteiger partial charge in [-0.15, -0.1) is 0 Å². The van der Waals surface area contributed by atoms with Crippen molar-refractivity contribution in [1.82, 2.24) is 15.2 Å². The van der Waals surface area contributed by atoms with Crippen molar-refractivity contribution >= 4 is 34.6 Å². The third-order valence-electron chi connectivity index (χ3n) is 5.83. The Morgan fingerprint density at radius 2 is 2.03 bits per heavy atom. The number of benzene rings is 1. The van der Waals surface area contributed by atoms with Crippen molar-refractivity contribution < 1.29 is 19.5 Å². The van der Waals surface area contributed by atoms with Gasteiger partial charge in [-0.2, -0.15) is 0 Å². The molecule has 2 heterocycles. The van der Waals surface area contributed by atoms with Gasteiger partial charge < -0.3 is 37.5 Å². The lowest BCUT2D eigenvalue weighted by molar-refractivity contribution is -0.149. The first-order chi connectivity index (χ1) is 15.8. The molecule has 9 N–H and O–H groups in total. The first kappa shape index (κ1) is 24.1. The number of para-hydroxylation sites is 1. The molecule has 1 aromatic heterocycles. The second-order valence-corrected chi connectivity index (χ2v) is 8.21. The van der Waals surface area contributed by atoms with E-state index in [0.717, 1.165) is 16.5 Å². The molecule has 11 nitrogen and oxygen atoms in total. The van der Waals surface area contributed by atoms with Gasteiger partial charge in [0.25, 0.3) is 0 Å². The maximum atomic E-state index is 13.2. The fourth-order valence-electron chi connectivity index (χ4n) is 4.16. The molecule has 3 rings (SSSR count). The summed E-state index contributed by atoms with van der Waals surface area (Å²) in [5.74, 6) is -2.03. The fraction of sp³-hybridized carbons (Fsp3) is 0.455. The Balaban J connectivity index is 1.69. The number of aliphatic imine (C=N–C) groups is 1. The van der Waals surface area contributed by atoms with E-state index in [-0.39, 0.29) is 25.3 Å². The van der Waals surface area contributed by atoms with Crippen molar-refractivity contribution in [2.75, 3.05) is 13.1 Å². The van der Waals surface area contributed by atoms with Crippen LogP contribution in [0, 0.1) is 0 Å². The number of fused-ring (bicyclic) bond motifs is 1. The largest absolute Gasteiger partial charge is 0.480 e. The van der Waals surface area contributed by atoms with Crippen LogP contribution in [0.15, 0.2) is 35.5 Å². The van der Waals surface area contributed by atoms with Crippen LogP contribution in [0.2, 0.25) is 0 Å². The average molecular weight is 458 g/mol. The van der Waals surface area contributed by atoms with Gasteiger partial charge in [-0.1, -0.05) is 18.2 Å². The molecule has 1 aliphatic rings. The van der Waals surface area contributed by atoms with E-state index in [1.807, 2.05) is 30.5 Å². The van der Waals surface area contributed by atoms with Crippen LogP contribution in [0.3, 0.4) is 0 Å². The van der Waals surface area contributed by atoms with E-state index in [0.29, 0.717) is 25.8 Å². The van der Waals surface area contributed by atoms with Gasteiger partial charge >= 0.3 is 5.97 Å². The summed E-state index contributed by atoms with van der Waals surface area (Å²) in [7, 11) is 0. The lowest BCUT2D eigenvalue weighted by Gasteiger charge is -2.28. The molecule has 3 atom stereocenters. The summed E-state index contributed by atoms with van der Waals surface area (Å²) in [6.45, 7) is 0.614. The molecule has 0 spiro atoms. The molecule has 11 heteroatoms. The zero-order valence-corrected chi connectivity index (χ0v) is 18.4. The molecule has 178 valence electrons. The number of carbonyl (C=O) groups excluding carboxylic acids is 2. The first-order valence-corrected chi connectivity index (χ1v) is 11.0. The van der Waals surface area contributed by atoms with E-state index in [2.05, 4.69) is 15.3 Å². The van der Waals surface area contributed by atoms with Gasteiger partial charge in [-0.25, -0.2) is 4.79 Å². The topological polar surface area (TPSA) is 193 Å². The molecule has 0 radical (unpaired) electrons. The first-order valence-electron chi connectivity index (χ1n) is 11.0. The van der Waals surface area contributed by atoms with E-state index in [1.54, 1.807) is 0 Å². The normalized spacial score (nSPS) is 17.5. The highest BCUT2D eigenvalue weighted by molar-refractivity contribution is 5.92. The molecule has 3 unspecified atom stereocenters. The second-order valence-electron chi connectivity index (χ2n) is 8.21. The van der Waals surface area contributed by atoms with Crippen LogP contribution in [0.1, 0.15) is 31.2 Å². The number of aliphatic carboxylic acids is 1. The van der Waals surface area contributed by atoms with Crippen LogP contribution in [-0.2, 0) is 20.8 Å². The van der Waals surface area contributed by atoms with Crippen molar-refractivity contribution in [3.8, 4) is 0 Å². The zero-order chi connectivity index (χ0) is 24.0. The summed E-state index contributed by atoms with van der Waals surface area (Å²) in [4.78, 5) is 46.0.